The van der Waals surface area contributed by atoms with Crippen molar-refractivity contribution in [3.05, 3.63) is 40.9 Å². The van der Waals surface area contributed by atoms with Crippen molar-refractivity contribution in [3.63, 3.8) is 0 Å². The number of nitrogens with one attached hydrogen (secondary N) is 1. The highest BCUT2D eigenvalue weighted by Gasteiger charge is 2.33. The predicted octanol–water partition coefficient (Wildman–Crippen LogP) is 2.95. The first-order chi connectivity index (χ1) is 14.0. The van der Waals surface area contributed by atoms with Crippen LogP contribution < -0.4 is 10.6 Å². The first-order valence-corrected chi connectivity index (χ1v) is 9.57. The van der Waals surface area contributed by atoms with Crippen LogP contribution in [0.1, 0.15) is 23.3 Å². The van der Waals surface area contributed by atoms with E-state index in [2.05, 4.69) is 15.4 Å². The monoisotopic (exact) mass is 397 g/mol. The van der Waals surface area contributed by atoms with E-state index in [-0.39, 0.29) is 12.6 Å². The normalized spacial score (nSPS) is 18.4. The van der Waals surface area contributed by atoms with Crippen LogP contribution >= 0.6 is 0 Å². The molecule has 0 saturated carbocycles. The molecule has 0 radical (unpaired) electrons. The number of rotatable bonds is 3. The van der Waals surface area contributed by atoms with Crippen LogP contribution in [0.15, 0.2) is 22.7 Å². The molecule has 5 rings (SSSR count). The number of anilines is 1. The maximum atomic E-state index is 15.3. The summed E-state index contributed by atoms with van der Waals surface area (Å²) in [6.45, 7) is 2.37. The number of H-pyrrole nitrogens is 1. The second kappa shape index (κ2) is 6.70. The van der Waals surface area contributed by atoms with Gasteiger partial charge in [0, 0.05) is 23.7 Å². The number of ether oxygens (including phenoxy) is 1. The predicted molar refractivity (Wildman–Crippen MR) is 103 cm³/mol. The van der Waals surface area contributed by atoms with Gasteiger partial charge in [0.25, 0.3) is 0 Å². The van der Waals surface area contributed by atoms with Gasteiger partial charge in [0.05, 0.1) is 17.9 Å². The number of amides is 1. The molecule has 2 aliphatic rings. The van der Waals surface area contributed by atoms with Crippen LogP contribution in [0.3, 0.4) is 0 Å². The molecule has 1 atom stereocenters. The van der Waals surface area contributed by atoms with Crippen LogP contribution in [0.25, 0.3) is 22.6 Å². The summed E-state index contributed by atoms with van der Waals surface area (Å²) in [6.07, 6.45) is 1.36. The Morgan fingerprint density at radius 1 is 1.34 bits per heavy atom. The van der Waals surface area contributed by atoms with Gasteiger partial charge in [0.2, 0.25) is 0 Å². The van der Waals surface area contributed by atoms with Gasteiger partial charge in [-0.1, -0.05) is 5.16 Å². The zero-order chi connectivity index (χ0) is 20.1. The highest BCUT2D eigenvalue weighted by molar-refractivity contribution is 5.91. The second-order valence-corrected chi connectivity index (χ2v) is 7.42. The number of halogens is 1. The fourth-order valence-corrected chi connectivity index (χ4v) is 4.10. The molecule has 0 spiro atoms. The number of benzene rings is 1. The number of hydrogen-bond donors (Lipinski definition) is 2. The molecule has 1 aliphatic heterocycles. The van der Waals surface area contributed by atoms with Gasteiger partial charge in [-0.15, -0.1) is 0 Å². The third kappa shape index (κ3) is 2.89. The van der Waals surface area contributed by atoms with Gasteiger partial charge in [-0.25, -0.2) is 9.18 Å². The van der Waals surface area contributed by atoms with Crippen LogP contribution in [0.5, 0.6) is 0 Å². The Balaban J connectivity index is 1.58. The Bertz CT molecular complexity index is 1110. The van der Waals surface area contributed by atoms with Crippen LogP contribution in [0, 0.1) is 12.7 Å². The summed E-state index contributed by atoms with van der Waals surface area (Å²) in [5.74, 6) is 0.283. The van der Waals surface area contributed by atoms with Gasteiger partial charge in [-0.2, -0.15) is 5.10 Å². The van der Waals surface area contributed by atoms with Gasteiger partial charge in [0.15, 0.2) is 0 Å². The topological polar surface area (TPSA) is 110 Å². The quantitative estimate of drug-likeness (QED) is 0.703. The zero-order valence-electron chi connectivity index (χ0n) is 15.9. The largest absolute Gasteiger partial charge is 0.443 e. The average molecular weight is 397 g/mol. The Morgan fingerprint density at radius 2 is 2.21 bits per heavy atom. The van der Waals surface area contributed by atoms with Crippen molar-refractivity contribution in [2.45, 2.75) is 32.3 Å². The van der Waals surface area contributed by atoms with E-state index in [9.17, 15) is 4.79 Å². The number of carbonyl (C=O) groups excluding carboxylic acids is 1. The SMILES string of the molecule is Cc1cc(-c2n[nH]c3c2CCCc2cc(N4CC(CN)OC4=O)cc(F)c2-3)no1. The number of aryl methyl sites for hydroxylation is 2. The molecule has 3 heterocycles. The molecule has 1 amide bonds. The Kier molecular flexibility index (Phi) is 4.13. The number of carbonyl (C=O) groups is 1. The summed E-state index contributed by atoms with van der Waals surface area (Å²) in [5, 5.41) is 11.4. The van der Waals surface area contributed by atoms with Gasteiger partial charge in [-0.3, -0.25) is 10.00 Å². The molecule has 1 aliphatic carbocycles. The minimum absolute atomic E-state index is 0.234. The minimum atomic E-state index is -0.501. The van der Waals surface area contributed by atoms with Gasteiger partial charge in [0.1, 0.15) is 29.1 Å². The highest BCUT2D eigenvalue weighted by atomic mass is 19.1. The lowest BCUT2D eigenvalue weighted by Gasteiger charge is -2.17. The van der Waals surface area contributed by atoms with E-state index in [1.165, 1.54) is 11.0 Å². The molecule has 3 N–H and O–H groups in total. The van der Waals surface area contributed by atoms with Crippen molar-refractivity contribution in [2.75, 3.05) is 18.0 Å². The molecule has 1 aromatic carbocycles. The maximum absolute atomic E-state index is 15.3. The fraction of sp³-hybridized carbons (Fsp3) is 0.350. The molecular formula is C20H20FN5O3. The lowest BCUT2D eigenvalue weighted by atomic mass is 9.99. The van der Waals surface area contributed by atoms with Crippen molar-refractivity contribution < 1.29 is 18.4 Å². The summed E-state index contributed by atoms with van der Waals surface area (Å²) in [6, 6.07) is 5.04. The van der Waals surface area contributed by atoms with Crippen molar-refractivity contribution in [2.24, 2.45) is 5.73 Å². The number of cyclic esters (lactones) is 1. The van der Waals surface area contributed by atoms with Gasteiger partial charge >= 0.3 is 6.09 Å². The molecule has 0 bridgehead atoms. The van der Waals surface area contributed by atoms with E-state index in [1.807, 2.05) is 19.1 Å². The number of hydrogen-bond acceptors (Lipinski definition) is 6. The molecule has 150 valence electrons. The molecule has 1 unspecified atom stereocenters. The number of nitrogens with two attached hydrogens (primary N) is 1. The van der Waals surface area contributed by atoms with E-state index in [4.69, 9.17) is 15.0 Å². The van der Waals surface area contributed by atoms with Gasteiger partial charge in [-0.05, 0) is 43.9 Å². The molecule has 2 aromatic heterocycles. The smallest absolute Gasteiger partial charge is 0.414 e. The van der Waals surface area contributed by atoms with E-state index in [0.717, 1.165) is 24.0 Å². The molecule has 1 saturated heterocycles. The van der Waals surface area contributed by atoms with E-state index >= 15 is 4.39 Å². The molecular weight excluding hydrogens is 377 g/mol. The van der Waals surface area contributed by atoms with Crippen molar-refractivity contribution in [3.8, 4) is 22.6 Å². The Hall–Kier alpha value is -3.20. The van der Waals surface area contributed by atoms with Crippen molar-refractivity contribution >= 4 is 11.8 Å². The summed E-state index contributed by atoms with van der Waals surface area (Å²) < 4.78 is 25.7. The average Bonchev–Trinajstić information content (AvgIpc) is 3.37. The number of fused-ring (bicyclic) bond motifs is 3. The van der Waals surface area contributed by atoms with Crippen LogP contribution in [-0.4, -0.2) is 40.6 Å². The standard InChI is InChI=1S/C20H20FN5O3/c1-10-5-16(25-29-10)18-14-4-2-3-11-6-12(26-9-13(8-22)28-20(26)27)7-15(21)17(11)19(14)24-23-18/h5-7,13H,2-4,8-9,22H2,1H3,(H,23,24). The first kappa shape index (κ1) is 17.9. The molecule has 9 heteroatoms. The third-order valence-electron chi connectivity index (χ3n) is 5.47. The van der Waals surface area contributed by atoms with Crippen molar-refractivity contribution in [1.82, 2.24) is 15.4 Å². The fourth-order valence-electron chi connectivity index (χ4n) is 4.10. The van der Waals surface area contributed by atoms with Crippen molar-refractivity contribution in [1.29, 1.82) is 0 Å². The minimum Gasteiger partial charge on any atom is -0.443 e. The number of aromatic nitrogens is 3. The molecule has 8 nitrogen and oxygen atoms in total. The van der Waals surface area contributed by atoms with Gasteiger partial charge < -0.3 is 15.0 Å². The number of aromatic amines is 1. The van der Waals surface area contributed by atoms with Crippen LogP contribution in [0.4, 0.5) is 14.9 Å². The Labute approximate surface area is 165 Å². The zero-order valence-corrected chi connectivity index (χ0v) is 15.9. The third-order valence-corrected chi connectivity index (χ3v) is 5.47. The van der Waals surface area contributed by atoms with Crippen LogP contribution in [0.2, 0.25) is 0 Å². The Morgan fingerprint density at radius 3 is 2.93 bits per heavy atom. The summed E-state index contributed by atoms with van der Waals surface area (Å²) in [5.41, 5.74) is 10.3. The second-order valence-electron chi connectivity index (χ2n) is 7.42. The highest BCUT2D eigenvalue weighted by Crippen LogP contribution is 2.39. The lowest BCUT2D eigenvalue weighted by molar-refractivity contribution is 0.145. The van der Waals surface area contributed by atoms with E-state index in [1.54, 1.807) is 0 Å². The lowest BCUT2D eigenvalue weighted by Crippen LogP contribution is -2.27. The molecule has 29 heavy (non-hydrogen) atoms. The molecule has 3 aromatic rings. The summed E-state index contributed by atoms with van der Waals surface area (Å²) in [7, 11) is 0. The number of nitrogens with zero attached hydrogens (tertiary/aromatic N) is 3. The first-order valence-electron chi connectivity index (χ1n) is 9.57. The van der Waals surface area contributed by atoms with E-state index < -0.39 is 11.9 Å². The van der Waals surface area contributed by atoms with Crippen LogP contribution in [-0.2, 0) is 17.6 Å². The molecule has 1 fully saturated rings. The summed E-state index contributed by atoms with van der Waals surface area (Å²) in [4.78, 5) is 13.6. The maximum Gasteiger partial charge on any atom is 0.414 e. The summed E-state index contributed by atoms with van der Waals surface area (Å²) >= 11 is 0. The van der Waals surface area contributed by atoms with E-state index in [0.29, 0.717) is 47.1 Å².